The van der Waals surface area contributed by atoms with Gasteiger partial charge in [-0.15, -0.1) is 0 Å². The van der Waals surface area contributed by atoms with Gasteiger partial charge >= 0.3 is 0 Å². The lowest BCUT2D eigenvalue weighted by molar-refractivity contribution is -0.133. The molecule has 2 fully saturated rings. The van der Waals surface area contributed by atoms with E-state index < -0.39 is 15.8 Å². The van der Waals surface area contributed by atoms with E-state index in [1.165, 1.54) is 22.5 Å². The third-order valence-electron chi connectivity index (χ3n) is 5.99. The lowest BCUT2D eigenvalue weighted by Crippen LogP contribution is -2.52. The summed E-state index contributed by atoms with van der Waals surface area (Å²) in [5, 5.41) is 0. The number of amides is 1. The number of rotatable bonds is 8. The van der Waals surface area contributed by atoms with Gasteiger partial charge in [-0.05, 0) is 42.7 Å². The third-order valence-corrected chi connectivity index (χ3v) is 7.92. The zero-order chi connectivity index (χ0) is 22.7. The molecule has 0 radical (unpaired) electrons. The van der Waals surface area contributed by atoms with Crippen LogP contribution in [0.2, 0.25) is 0 Å². The molecule has 2 aromatic rings. The van der Waals surface area contributed by atoms with Gasteiger partial charge in [0.05, 0.1) is 13.7 Å². The van der Waals surface area contributed by atoms with Crippen LogP contribution in [-0.4, -0.2) is 74.3 Å². The molecule has 1 aliphatic carbocycles. The number of halogens is 1. The smallest absolute Gasteiger partial charge is 0.246 e. The fourth-order valence-electron chi connectivity index (χ4n) is 3.96. The quantitative estimate of drug-likeness (QED) is 0.604. The van der Waals surface area contributed by atoms with Gasteiger partial charge in [0.15, 0.2) is 0 Å². The molecule has 9 heteroatoms. The van der Waals surface area contributed by atoms with Gasteiger partial charge in [0.25, 0.3) is 0 Å². The lowest BCUT2D eigenvalue weighted by atomic mass is 10.2. The Hall–Kier alpha value is -2.49. The number of ether oxygens (including phenoxy) is 1. The van der Waals surface area contributed by atoms with Crippen molar-refractivity contribution in [1.82, 2.24) is 14.1 Å². The van der Waals surface area contributed by atoms with E-state index in [-0.39, 0.29) is 23.9 Å². The highest BCUT2D eigenvalue weighted by Gasteiger charge is 2.34. The Morgan fingerprint density at radius 1 is 1.06 bits per heavy atom. The van der Waals surface area contributed by atoms with Crippen molar-refractivity contribution in [2.75, 3.05) is 39.8 Å². The lowest BCUT2D eigenvalue weighted by Gasteiger charge is -2.35. The molecule has 1 amide bonds. The maximum atomic E-state index is 14.0. The van der Waals surface area contributed by atoms with E-state index in [1.54, 1.807) is 12.0 Å². The fraction of sp³-hybridized carbons (Fsp3) is 0.435. The average Bonchev–Trinajstić information content (AvgIpc) is 3.65. The fourth-order valence-corrected chi connectivity index (χ4v) is 5.45. The zero-order valence-electron chi connectivity index (χ0n) is 18.1. The molecular weight excluding hydrogens is 433 g/mol. The first-order chi connectivity index (χ1) is 15.4. The van der Waals surface area contributed by atoms with Gasteiger partial charge in [-0.3, -0.25) is 9.69 Å². The number of carbonyl (C=O) groups is 1. The molecular formula is C23H28FN3O4S. The molecule has 2 aromatic carbocycles. The Balaban J connectivity index is 1.34. The summed E-state index contributed by atoms with van der Waals surface area (Å²) in [5.74, 6) is 0.0315. The first-order valence-corrected chi connectivity index (χ1v) is 12.2. The van der Waals surface area contributed by atoms with E-state index in [1.807, 2.05) is 24.3 Å². The number of benzene rings is 2. The maximum Gasteiger partial charge on any atom is 0.246 e. The normalized spacial score (nSPS) is 17.5. The summed E-state index contributed by atoms with van der Waals surface area (Å²) in [4.78, 5) is 16.5. The second-order valence-electron chi connectivity index (χ2n) is 8.20. The van der Waals surface area contributed by atoms with Crippen LogP contribution in [-0.2, 0) is 21.4 Å². The zero-order valence-corrected chi connectivity index (χ0v) is 18.9. The van der Waals surface area contributed by atoms with Gasteiger partial charge in [0.1, 0.15) is 16.5 Å². The van der Waals surface area contributed by atoms with Crippen molar-refractivity contribution in [2.24, 2.45) is 0 Å². The predicted molar refractivity (Wildman–Crippen MR) is 118 cm³/mol. The van der Waals surface area contributed by atoms with E-state index >= 15 is 0 Å². The molecule has 4 rings (SSSR count). The van der Waals surface area contributed by atoms with Gasteiger partial charge in [-0.2, -0.15) is 4.31 Å². The molecule has 0 N–H and O–H groups in total. The summed E-state index contributed by atoms with van der Waals surface area (Å²) in [6.07, 6.45) is 2.16. The molecule has 2 aliphatic rings. The molecule has 0 aromatic heterocycles. The Morgan fingerprint density at radius 2 is 1.72 bits per heavy atom. The third kappa shape index (κ3) is 5.11. The summed E-state index contributed by atoms with van der Waals surface area (Å²) < 4.78 is 46.0. The number of sulfonamides is 1. The second-order valence-corrected chi connectivity index (χ2v) is 10.1. The Bertz CT molecular complexity index is 1050. The van der Waals surface area contributed by atoms with Crippen LogP contribution < -0.4 is 4.74 Å². The average molecular weight is 462 g/mol. The summed E-state index contributed by atoms with van der Waals surface area (Å²) in [6.45, 7) is 1.90. The van der Waals surface area contributed by atoms with Crippen LogP contribution >= 0.6 is 0 Å². The van der Waals surface area contributed by atoms with Crippen molar-refractivity contribution in [1.29, 1.82) is 0 Å². The van der Waals surface area contributed by atoms with E-state index in [9.17, 15) is 17.6 Å². The molecule has 1 saturated heterocycles. The van der Waals surface area contributed by atoms with E-state index in [2.05, 4.69) is 4.90 Å². The van der Waals surface area contributed by atoms with Gasteiger partial charge in [-0.1, -0.05) is 24.3 Å². The highest BCUT2D eigenvalue weighted by atomic mass is 32.2. The Kier molecular flexibility index (Phi) is 6.78. The number of piperazine rings is 1. The summed E-state index contributed by atoms with van der Waals surface area (Å²) in [6, 6.07) is 13.6. The Morgan fingerprint density at radius 3 is 2.31 bits per heavy atom. The minimum atomic E-state index is -3.92. The maximum absolute atomic E-state index is 14.0. The van der Waals surface area contributed by atoms with Crippen LogP contribution in [0.25, 0.3) is 0 Å². The first kappa shape index (κ1) is 22.7. The van der Waals surface area contributed by atoms with Crippen LogP contribution in [0.1, 0.15) is 18.4 Å². The molecule has 32 heavy (non-hydrogen) atoms. The molecule has 7 nitrogen and oxygen atoms in total. The number of nitrogens with zero attached hydrogens (tertiary/aromatic N) is 3. The summed E-state index contributed by atoms with van der Waals surface area (Å²) >= 11 is 0. The van der Waals surface area contributed by atoms with Gasteiger partial charge in [-0.25, -0.2) is 12.8 Å². The van der Waals surface area contributed by atoms with Crippen LogP contribution in [0.15, 0.2) is 53.4 Å². The standard InChI is InChI=1S/C23H28FN3O4S/c1-31-20-10-6-18(7-11-20)16-26(19-8-9-19)17-23(28)25-12-14-27(15-13-25)32(29,30)22-5-3-2-4-21(22)24/h2-7,10-11,19H,8-9,12-17H2,1H3. The summed E-state index contributed by atoms with van der Waals surface area (Å²) in [5.41, 5.74) is 1.12. The SMILES string of the molecule is COc1ccc(CN(CC(=O)N2CCN(S(=O)(=O)c3ccccc3F)CC2)C2CC2)cc1. The minimum Gasteiger partial charge on any atom is -0.497 e. The van der Waals surface area contributed by atoms with E-state index in [4.69, 9.17) is 4.74 Å². The van der Waals surface area contributed by atoms with Crippen molar-refractivity contribution >= 4 is 15.9 Å². The highest BCUT2D eigenvalue weighted by molar-refractivity contribution is 7.89. The van der Waals surface area contributed by atoms with Gasteiger partial charge < -0.3 is 9.64 Å². The van der Waals surface area contributed by atoms with E-state index in [0.717, 1.165) is 30.2 Å². The van der Waals surface area contributed by atoms with Crippen LogP contribution in [0, 0.1) is 5.82 Å². The van der Waals surface area contributed by atoms with E-state index in [0.29, 0.717) is 32.2 Å². The minimum absolute atomic E-state index is 0.00616. The monoisotopic (exact) mass is 461 g/mol. The molecule has 172 valence electrons. The van der Waals surface area contributed by atoms with Crippen molar-refractivity contribution in [2.45, 2.75) is 30.3 Å². The molecule has 1 saturated carbocycles. The van der Waals surface area contributed by atoms with Gasteiger partial charge in [0, 0.05) is 38.8 Å². The van der Waals surface area contributed by atoms with Crippen molar-refractivity contribution < 1.29 is 22.3 Å². The largest absolute Gasteiger partial charge is 0.497 e. The molecule has 1 heterocycles. The van der Waals surface area contributed by atoms with Crippen LogP contribution in [0.5, 0.6) is 5.75 Å². The highest BCUT2D eigenvalue weighted by Crippen LogP contribution is 2.29. The van der Waals surface area contributed by atoms with Gasteiger partial charge in [0.2, 0.25) is 15.9 Å². The van der Waals surface area contributed by atoms with Crippen molar-refractivity contribution in [3.05, 3.63) is 59.9 Å². The van der Waals surface area contributed by atoms with Crippen LogP contribution in [0.3, 0.4) is 0 Å². The Labute approximate surface area is 188 Å². The number of hydrogen-bond acceptors (Lipinski definition) is 5. The van der Waals surface area contributed by atoms with Crippen LogP contribution in [0.4, 0.5) is 4.39 Å². The molecule has 0 atom stereocenters. The molecule has 1 aliphatic heterocycles. The summed E-state index contributed by atoms with van der Waals surface area (Å²) in [7, 11) is -2.28. The van der Waals surface area contributed by atoms with Crippen molar-refractivity contribution in [3.63, 3.8) is 0 Å². The predicted octanol–water partition coefficient (Wildman–Crippen LogP) is 2.33. The second kappa shape index (κ2) is 9.56. The topological polar surface area (TPSA) is 70.2 Å². The number of hydrogen-bond donors (Lipinski definition) is 0. The molecule has 0 unspecified atom stereocenters. The van der Waals surface area contributed by atoms with Crippen molar-refractivity contribution in [3.8, 4) is 5.75 Å². The first-order valence-electron chi connectivity index (χ1n) is 10.8. The number of carbonyl (C=O) groups excluding carboxylic acids is 1. The molecule has 0 spiro atoms. The molecule has 0 bridgehead atoms. The number of methoxy groups -OCH3 is 1.